The SMILES string of the molecule is Cc1cc(C(=O)N2CCN(CC3CCCO3)CC2)sc1Br. The van der Waals surface area contributed by atoms with Crippen LogP contribution in [-0.4, -0.2) is 61.1 Å². The van der Waals surface area contributed by atoms with Gasteiger partial charge in [0.1, 0.15) is 0 Å². The van der Waals surface area contributed by atoms with Crippen LogP contribution in [0.5, 0.6) is 0 Å². The fourth-order valence-corrected chi connectivity index (χ4v) is 4.43. The molecule has 0 radical (unpaired) electrons. The Bertz CT molecular complexity index is 486. The van der Waals surface area contributed by atoms with Crippen LogP contribution in [0.1, 0.15) is 28.1 Å². The maximum absolute atomic E-state index is 12.5. The molecule has 2 fully saturated rings. The van der Waals surface area contributed by atoms with E-state index in [2.05, 4.69) is 20.8 Å². The molecule has 0 N–H and O–H groups in total. The molecule has 1 aromatic rings. The number of carbonyl (C=O) groups excluding carboxylic acids is 1. The number of halogens is 1. The van der Waals surface area contributed by atoms with Gasteiger partial charge in [-0.25, -0.2) is 0 Å². The lowest BCUT2D eigenvalue weighted by molar-refractivity contribution is 0.0435. The second-order valence-corrected chi connectivity index (χ2v) is 8.17. The summed E-state index contributed by atoms with van der Waals surface area (Å²) < 4.78 is 6.75. The molecule has 2 aliphatic heterocycles. The number of hydrogen-bond donors (Lipinski definition) is 0. The van der Waals surface area contributed by atoms with Crippen LogP contribution >= 0.6 is 27.3 Å². The van der Waals surface area contributed by atoms with Gasteiger partial charge in [0.05, 0.1) is 14.8 Å². The van der Waals surface area contributed by atoms with Crippen molar-refractivity contribution in [2.75, 3.05) is 39.3 Å². The van der Waals surface area contributed by atoms with Crippen molar-refractivity contribution in [3.63, 3.8) is 0 Å². The highest BCUT2D eigenvalue weighted by molar-refractivity contribution is 9.11. The van der Waals surface area contributed by atoms with Gasteiger partial charge >= 0.3 is 0 Å². The van der Waals surface area contributed by atoms with Gasteiger partial charge in [0, 0.05) is 39.3 Å². The summed E-state index contributed by atoms with van der Waals surface area (Å²) in [6, 6.07) is 1.98. The van der Waals surface area contributed by atoms with E-state index >= 15 is 0 Å². The van der Waals surface area contributed by atoms with Crippen molar-refractivity contribution >= 4 is 33.2 Å². The van der Waals surface area contributed by atoms with Crippen LogP contribution in [0.15, 0.2) is 9.85 Å². The zero-order chi connectivity index (χ0) is 14.8. The van der Waals surface area contributed by atoms with Crippen LogP contribution in [-0.2, 0) is 4.74 Å². The van der Waals surface area contributed by atoms with Crippen LogP contribution in [0.25, 0.3) is 0 Å². The molecule has 0 spiro atoms. The minimum atomic E-state index is 0.172. The third-order valence-corrected chi connectivity index (χ3v) is 6.34. The topological polar surface area (TPSA) is 32.8 Å². The standard InChI is InChI=1S/C15H21BrN2O2S/c1-11-9-13(21-14(11)16)15(19)18-6-4-17(5-7-18)10-12-3-2-8-20-12/h9,12H,2-8,10H2,1H3. The quantitative estimate of drug-likeness (QED) is 0.817. The summed E-state index contributed by atoms with van der Waals surface area (Å²) in [7, 11) is 0. The monoisotopic (exact) mass is 372 g/mol. The summed E-state index contributed by atoms with van der Waals surface area (Å²) in [6.45, 7) is 7.51. The average molecular weight is 373 g/mol. The minimum absolute atomic E-state index is 0.172. The summed E-state index contributed by atoms with van der Waals surface area (Å²) in [6.07, 6.45) is 2.78. The molecule has 0 aliphatic carbocycles. The van der Waals surface area contributed by atoms with Gasteiger partial charge in [-0.3, -0.25) is 9.69 Å². The molecular weight excluding hydrogens is 352 g/mol. The number of amides is 1. The molecule has 2 saturated heterocycles. The molecule has 0 saturated carbocycles. The van der Waals surface area contributed by atoms with Gasteiger partial charge in [-0.15, -0.1) is 11.3 Å². The van der Waals surface area contributed by atoms with E-state index in [4.69, 9.17) is 4.74 Å². The highest BCUT2D eigenvalue weighted by atomic mass is 79.9. The summed E-state index contributed by atoms with van der Waals surface area (Å²) in [5.74, 6) is 0.172. The number of rotatable bonds is 3. The Morgan fingerprint density at radius 3 is 2.76 bits per heavy atom. The van der Waals surface area contributed by atoms with Crippen molar-refractivity contribution in [2.45, 2.75) is 25.9 Å². The number of thiophene rings is 1. The van der Waals surface area contributed by atoms with Gasteiger partial charge in [-0.2, -0.15) is 0 Å². The first-order chi connectivity index (χ1) is 10.1. The Labute approximate surface area is 138 Å². The molecule has 3 heterocycles. The lowest BCUT2D eigenvalue weighted by Crippen LogP contribution is -2.50. The van der Waals surface area contributed by atoms with Crippen molar-refractivity contribution in [2.24, 2.45) is 0 Å². The van der Waals surface area contributed by atoms with Gasteiger partial charge in [0.2, 0.25) is 0 Å². The Balaban J connectivity index is 1.51. The Kier molecular flexibility index (Phi) is 4.99. The fourth-order valence-electron chi connectivity index (χ4n) is 2.93. The Hall–Kier alpha value is -0.430. The average Bonchev–Trinajstić information content (AvgIpc) is 3.10. The molecule has 3 rings (SSSR count). The second kappa shape index (κ2) is 6.77. The first-order valence-electron chi connectivity index (χ1n) is 7.52. The van der Waals surface area contributed by atoms with Gasteiger partial charge in [0.25, 0.3) is 5.91 Å². The lowest BCUT2D eigenvalue weighted by atomic mass is 10.2. The Morgan fingerprint density at radius 2 is 2.19 bits per heavy atom. The van der Waals surface area contributed by atoms with Crippen molar-refractivity contribution in [3.05, 3.63) is 20.3 Å². The third kappa shape index (κ3) is 3.67. The second-order valence-electron chi connectivity index (χ2n) is 5.80. The van der Waals surface area contributed by atoms with E-state index < -0.39 is 0 Å². The molecule has 6 heteroatoms. The summed E-state index contributed by atoms with van der Waals surface area (Å²) in [5.41, 5.74) is 1.14. The van der Waals surface area contributed by atoms with E-state index in [-0.39, 0.29) is 5.91 Å². The zero-order valence-electron chi connectivity index (χ0n) is 12.3. The predicted octanol–water partition coefficient (Wildman–Crippen LogP) is 2.76. The van der Waals surface area contributed by atoms with Crippen LogP contribution in [0.3, 0.4) is 0 Å². The van der Waals surface area contributed by atoms with E-state index in [0.717, 1.165) is 53.6 Å². The largest absolute Gasteiger partial charge is 0.377 e. The molecule has 4 nitrogen and oxygen atoms in total. The van der Waals surface area contributed by atoms with E-state index in [0.29, 0.717) is 6.10 Å². The number of carbonyl (C=O) groups is 1. The number of aryl methyl sites for hydroxylation is 1. The van der Waals surface area contributed by atoms with Crippen LogP contribution < -0.4 is 0 Å². The highest BCUT2D eigenvalue weighted by Gasteiger charge is 2.26. The van der Waals surface area contributed by atoms with Gasteiger partial charge in [0.15, 0.2) is 0 Å². The first kappa shape index (κ1) is 15.5. The molecule has 1 aromatic heterocycles. The molecule has 1 amide bonds. The molecule has 0 aromatic carbocycles. The van der Waals surface area contributed by atoms with Gasteiger partial charge in [-0.05, 0) is 47.3 Å². The minimum Gasteiger partial charge on any atom is -0.377 e. The maximum atomic E-state index is 12.5. The number of nitrogens with zero attached hydrogens (tertiary/aromatic N) is 2. The van der Waals surface area contributed by atoms with Crippen LogP contribution in [0, 0.1) is 6.92 Å². The van der Waals surface area contributed by atoms with Crippen LogP contribution in [0.4, 0.5) is 0 Å². The highest BCUT2D eigenvalue weighted by Crippen LogP contribution is 2.28. The van der Waals surface area contributed by atoms with E-state index in [1.165, 1.54) is 24.2 Å². The summed E-state index contributed by atoms with van der Waals surface area (Å²) in [5, 5.41) is 0. The van der Waals surface area contributed by atoms with Crippen molar-refractivity contribution in [3.8, 4) is 0 Å². The molecule has 1 unspecified atom stereocenters. The van der Waals surface area contributed by atoms with E-state index in [1.54, 1.807) is 0 Å². The van der Waals surface area contributed by atoms with Gasteiger partial charge < -0.3 is 9.64 Å². The molecule has 2 aliphatic rings. The van der Waals surface area contributed by atoms with E-state index in [9.17, 15) is 4.79 Å². The summed E-state index contributed by atoms with van der Waals surface area (Å²) >= 11 is 5.03. The Morgan fingerprint density at radius 1 is 1.43 bits per heavy atom. The summed E-state index contributed by atoms with van der Waals surface area (Å²) in [4.78, 5) is 17.7. The number of ether oxygens (including phenoxy) is 1. The molecule has 0 bridgehead atoms. The van der Waals surface area contributed by atoms with Crippen molar-refractivity contribution in [1.82, 2.24) is 9.80 Å². The lowest BCUT2D eigenvalue weighted by Gasteiger charge is -2.35. The number of hydrogen-bond acceptors (Lipinski definition) is 4. The fraction of sp³-hybridized carbons (Fsp3) is 0.667. The third-order valence-electron chi connectivity index (χ3n) is 4.21. The van der Waals surface area contributed by atoms with Gasteiger partial charge in [-0.1, -0.05) is 0 Å². The molecular formula is C15H21BrN2O2S. The first-order valence-corrected chi connectivity index (χ1v) is 9.13. The van der Waals surface area contributed by atoms with Crippen molar-refractivity contribution in [1.29, 1.82) is 0 Å². The molecule has 116 valence electrons. The number of piperazine rings is 1. The van der Waals surface area contributed by atoms with Crippen LogP contribution in [0.2, 0.25) is 0 Å². The zero-order valence-corrected chi connectivity index (χ0v) is 14.7. The molecule has 21 heavy (non-hydrogen) atoms. The molecule has 1 atom stereocenters. The normalized spacial score (nSPS) is 23.7. The van der Waals surface area contributed by atoms with E-state index in [1.807, 2.05) is 17.9 Å². The smallest absolute Gasteiger partial charge is 0.264 e. The van der Waals surface area contributed by atoms with Crippen molar-refractivity contribution < 1.29 is 9.53 Å². The maximum Gasteiger partial charge on any atom is 0.264 e. The predicted molar refractivity (Wildman–Crippen MR) is 88.1 cm³/mol.